The number of rotatable bonds is 1. The molecule has 0 aromatic carbocycles. The first-order valence-electron chi connectivity index (χ1n) is 5.38. The first-order chi connectivity index (χ1) is 6.30. The van der Waals surface area contributed by atoms with Crippen LogP contribution >= 0.6 is 0 Å². The molecule has 13 heavy (non-hydrogen) atoms. The molecule has 0 amide bonds. The second kappa shape index (κ2) is 2.42. The monoisotopic (exact) mass is 178 g/mol. The molecule has 0 heterocycles. The zero-order chi connectivity index (χ0) is 8.89. The molecule has 0 unspecified atom stereocenters. The summed E-state index contributed by atoms with van der Waals surface area (Å²) in [5, 5.41) is 4.21. The average Bonchev–Trinajstić information content (AvgIpc) is 2.00. The van der Waals surface area contributed by atoms with Crippen molar-refractivity contribution in [2.24, 2.45) is 22.9 Å². The second-order valence-electron chi connectivity index (χ2n) is 5.34. The molecular formula is C10H16N3+. The molecule has 0 saturated heterocycles. The van der Waals surface area contributed by atoms with Crippen LogP contribution in [0, 0.1) is 23.3 Å². The molecule has 1 N–H and O–H groups in total. The number of hydrogen-bond acceptors (Lipinski definition) is 2. The van der Waals surface area contributed by atoms with Gasteiger partial charge in [-0.2, -0.15) is 0 Å². The molecule has 4 rings (SSSR count). The van der Waals surface area contributed by atoms with Gasteiger partial charge in [0.05, 0.1) is 0 Å². The lowest BCUT2D eigenvalue weighted by Crippen LogP contribution is -2.49. The van der Waals surface area contributed by atoms with Gasteiger partial charge < -0.3 is 0 Å². The summed E-state index contributed by atoms with van der Waals surface area (Å²) in [6.45, 7) is 0. The lowest BCUT2D eigenvalue weighted by molar-refractivity contribution is -0.00269. The van der Waals surface area contributed by atoms with Gasteiger partial charge in [-0.05, 0) is 56.3 Å². The Labute approximate surface area is 78.1 Å². The zero-order valence-electron chi connectivity index (χ0n) is 7.87. The van der Waals surface area contributed by atoms with Crippen molar-refractivity contribution in [2.45, 2.75) is 44.1 Å². The van der Waals surface area contributed by atoms with E-state index in [4.69, 9.17) is 5.53 Å². The van der Waals surface area contributed by atoms with Gasteiger partial charge in [-0.25, -0.2) is 0 Å². The van der Waals surface area contributed by atoms with Crippen molar-refractivity contribution in [1.29, 1.82) is 5.53 Å². The summed E-state index contributed by atoms with van der Waals surface area (Å²) in [5.41, 5.74) is 7.02. The lowest BCUT2D eigenvalue weighted by Gasteiger charge is -2.51. The number of hydrogen-bond donors (Lipinski definition) is 1. The molecule has 0 spiro atoms. The van der Waals surface area contributed by atoms with Gasteiger partial charge in [0.25, 0.3) is 0 Å². The van der Waals surface area contributed by atoms with Crippen molar-refractivity contribution < 1.29 is 0 Å². The Balaban J connectivity index is 1.95. The fourth-order valence-electron chi connectivity index (χ4n) is 4.29. The zero-order valence-corrected chi connectivity index (χ0v) is 7.87. The average molecular weight is 178 g/mol. The molecule has 0 atom stereocenters. The predicted octanol–water partition coefficient (Wildman–Crippen LogP) is 2.51. The normalized spacial score (nSPS) is 51.8. The molecule has 3 nitrogen and oxygen atoms in total. The summed E-state index contributed by atoms with van der Waals surface area (Å²) in [6, 6.07) is 0. The Morgan fingerprint density at radius 2 is 1.46 bits per heavy atom. The third kappa shape index (κ3) is 1.07. The maximum atomic E-state index is 6.90. The van der Waals surface area contributed by atoms with Crippen LogP contribution in [0.5, 0.6) is 0 Å². The van der Waals surface area contributed by atoms with Crippen LogP contribution in [0.3, 0.4) is 0 Å². The van der Waals surface area contributed by atoms with E-state index in [2.05, 4.69) is 10.0 Å². The summed E-state index contributed by atoms with van der Waals surface area (Å²) < 4.78 is 0. The summed E-state index contributed by atoms with van der Waals surface area (Å²) in [6.07, 6.45) is 7.98. The highest BCUT2D eigenvalue weighted by molar-refractivity contribution is 5.05. The van der Waals surface area contributed by atoms with Gasteiger partial charge in [-0.15, -0.1) is 0 Å². The van der Waals surface area contributed by atoms with Crippen LogP contribution in [0.1, 0.15) is 38.5 Å². The molecule has 3 heteroatoms. The Morgan fingerprint density at radius 3 is 1.85 bits per heavy atom. The van der Waals surface area contributed by atoms with Gasteiger partial charge >= 0.3 is 0 Å². The van der Waals surface area contributed by atoms with E-state index in [0.29, 0.717) is 0 Å². The second-order valence-corrected chi connectivity index (χ2v) is 5.34. The number of nitrogens with zero attached hydrogens (tertiary/aromatic N) is 2. The lowest BCUT2D eigenvalue weighted by atomic mass is 9.53. The van der Waals surface area contributed by atoms with Crippen molar-refractivity contribution in [3.05, 3.63) is 0 Å². The Morgan fingerprint density at radius 1 is 1.00 bits per heavy atom. The molecule has 0 aliphatic heterocycles. The largest absolute Gasteiger partial charge is 0.214 e. The quantitative estimate of drug-likeness (QED) is 0.474. The molecule has 0 aromatic rings. The summed E-state index contributed by atoms with van der Waals surface area (Å²) >= 11 is 0. The molecule has 0 aromatic heterocycles. The highest BCUT2D eigenvalue weighted by atomic mass is 15.2. The Bertz CT molecular complexity index is 243. The van der Waals surface area contributed by atoms with Crippen LogP contribution in [0.4, 0.5) is 0 Å². The van der Waals surface area contributed by atoms with Crippen molar-refractivity contribution >= 4 is 0 Å². The minimum absolute atomic E-state index is 0.122. The standard InChI is InChI=1S/C10H16N3/c11-13-12-10-4-7-1-8(5-10)3-9(2-7)6-10/h7-9,11H,1-6H2/q+1. The van der Waals surface area contributed by atoms with Crippen LogP contribution in [0.15, 0.2) is 5.11 Å². The first kappa shape index (κ1) is 7.69. The van der Waals surface area contributed by atoms with Crippen molar-refractivity contribution in [3.8, 4) is 0 Å². The SMILES string of the molecule is N=[N+]=NC12CC3CC(CC(C3)C1)C2. The predicted molar refractivity (Wildman–Crippen MR) is 48.2 cm³/mol. The summed E-state index contributed by atoms with van der Waals surface area (Å²) in [4.78, 5) is 3.30. The van der Waals surface area contributed by atoms with Crippen molar-refractivity contribution in [2.75, 3.05) is 0 Å². The van der Waals surface area contributed by atoms with Gasteiger partial charge in [0.1, 0.15) is 16.2 Å². The van der Waals surface area contributed by atoms with E-state index in [1.165, 1.54) is 38.5 Å². The Hall–Kier alpha value is -0.690. The maximum Gasteiger partial charge on any atom is 0.214 e. The fourth-order valence-corrected chi connectivity index (χ4v) is 4.29. The van der Waals surface area contributed by atoms with E-state index in [9.17, 15) is 0 Å². The fraction of sp³-hybridized carbons (Fsp3) is 1.00. The van der Waals surface area contributed by atoms with E-state index in [-0.39, 0.29) is 5.54 Å². The minimum Gasteiger partial charge on any atom is -0.0474 e. The maximum absolute atomic E-state index is 6.90. The van der Waals surface area contributed by atoms with Gasteiger partial charge in [0.2, 0.25) is 4.91 Å². The van der Waals surface area contributed by atoms with E-state index in [0.717, 1.165) is 17.8 Å². The smallest absolute Gasteiger partial charge is 0.0474 e. The van der Waals surface area contributed by atoms with E-state index in [1.54, 1.807) is 0 Å². The van der Waals surface area contributed by atoms with Gasteiger partial charge in [0, 0.05) is 0 Å². The van der Waals surface area contributed by atoms with Crippen LogP contribution in [-0.2, 0) is 0 Å². The topological polar surface area (TPSA) is 50.3 Å². The van der Waals surface area contributed by atoms with E-state index < -0.39 is 0 Å². The highest BCUT2D eigenvalue weighted by Crippen LogP contribution is 2.56. The molecule has 4 fully saturated rings. The third-order valence-corrected chi connectivity index (χ3v) is 4.27. The minimum atomic E-state index is 0.122. The number of nitrogens with one attached hydrogen (secondary N) is 1. The van der Waals surface area contributed by atoms with E-state index >= 15 is 0 Å². The first-order valence-corrected chi connectivity index (χ1v) is 5.38. The molecule has 0 radical (unpaired) electrons. The van der Waals surface area contributed by atoms with Crippen molar-refractivity contribution in [1.82, 2.24) is 4.91 Å². The molecule has 4 bridgehead atoms. The molecule has 4 aliphatic carbocycles. The van der Waals surface area contributed by atoms with Crippen LogP contribution < -0.4 is 4.91 Å². The van der Waals surface area contributed by atoms with Crippen LogP contribution in [-0.4, -0.2) is 5.54 Å². The van der Waals surface area contributed by atoms with E-state index in [1.807, 2.05) is 0 Å². The third-order valence-electron chi connectivity index (χ3n) is 4.27. The van der Waals surface area contributed by atoms with Gasteiger partial charge in [-0.1, -0.05) is 0 Å². The summed E-state index contributed by atoms with van der Waals surface area (Å²) in [5.74, 6) is 2.74. The molecule has 4 aliphatic rings. The molecule has 70 valence electrons. The highest BCUT2D eigenvalue weighted by Gasteiger charge is 2.54. The Kier molecular flexibility index (Phi) is 1.43. The van der Waals surface area contributed by atoms with Gasteiger partial charge in [0.15, 0.2) is 0 Å². The van der Waals surface area contributed by atoms with Crippen LogP contribution in [0.25, 0.3) is 0 Å². The molecular weight excluding hydrogens is 162 g/mol. The summed E-state index contributed by atoms with van der Waals surface area (Å²) in [7, 11) is 0. The van der Waals surface area contributed by atoms with Gasteiger partial charge in [-0.3, -0.25) is 0 Å². The van der Waals surface area contributed by atoms with Crippen molar-refractivity contribution in [3.63, 3.8) is 0 Å². The molecule has 4 saturated carbocycles. The van der Waals surface area contributed by atoms with Crippen LogP contribution in [0.2, 0.25) is 0 Å².